The fourth-order valence-corrected chi connectivity index (χ4v) is 1.53. The van der Waals surface area contributed by atoms with Crippen LogP contribution in [0.3, 0.4) is 0 Å². The number of aliphatic hydroxyl groups is 1. The molecular weight excluding hydrogens is 156 g/mol. The van der Waals surface area contributed by atoms with E-state index < -0.39 is 0 Å². The molecule has 0 radical (unpaired) electrons. The Kier molecular flexibility index (Phi) is 2.92. The lowest BCUT2D eigenvalue weighted by Gasteiger charge is -2.26. The number of rotatable bonds is 1. The van der Waals surface area contributed by atoms with Gasteiger partial charge in [0.2, 0.25) is 0 Å². The molecule has 0 aliphatic carbocycles. The van der Waals surface area contributed by atoms with E-state index in [1.807, 2.05) is 0 Å². The van der Waals surface area contributed by atoms with Crippen LogP contribution in [0.1, 0.15) is 12.8 Å². The Morgan fingerprint density at radius 2 is 2.33 bits per heavy atom. The zero-order valence-electron chi connectivity index (χ0n) is 7.66. The van der Waals surface area contributed by atoms with Crippen molar-refractivity contribution in [3.63, 3.8) is 0 Å². The maximum Gasteiger partial charge on any atom is 0.319 e. The predicted molar refractivity (Wildman–Crippen MR) is 45.9 cm³/mol. The third-order valence-corrected chi connectivity index (χ3v) is 2.22. The van der Waals surface area contributed by atoms with E-state index in [9.17, 15) is 4.79 Å². The van der Waals surface area contributed by atoms with Gasteiger partial charge in [-0.1, -0.05) is 0 Å². The fourth-order valence-electron chi connectivity index (χ4n) is 1.53. The van der Waals surface area contributed by atoms with E-state index in [1.165, 1.54) is 0 Å². The quantitative estimate of drug-likeness (QED) is 0.610. The van der Waals surface area contributed by atoms with Gasteiger partial charge in [-0.15, -0.1) is 0 Å². The highest BCUT2D eigenvalue weighted by molar-refractivity contribution is 5.74. The van der Waals surface area contributed by atoms with Gasteiger partial charge in [0, 0.05) is 20.6 Å². The van der Waals surface area contributed by atoms with E-state index in [0.717, 1.165) is 19.4 Å². The van der Waals surface area contributed by atoms with E-state index in [-0.39, 0.29) is 18.7 Å². The Morgan fingerprint density at radius 3 is 2.83 bits per heavy atom. The van der Waals surface area contributed by atoms with Crippen LogP contribution in [0.25, 0.3) is 0 Å². The van der Waals surface area contributed by atoms with Gasteiger partial charge in [0.25, 0.3) is 0 Å². The number of aliphatic hydroxyl groups excluding tert-OH is 1. The maximum atomic E-state index is 11.5. The van der Waals surface area contributed by atoms with Gasteiger partial charge < -0.3 is 14.9 Å². The van der Waals surface area contributed by atoms with Crippen molar-refractivity contribution < 1.29 is 9.90 Å². The van der Waals surface area contributed by atoms with Crippen LogP contribution in [0.4, 0.5) is 4.79 Å². The fraction of sp³-hybridized carbons (Fsp3) is 0.875. The Hall–Kier alpha value is -0.770. The number of carbonyl (C=O) groups is 1. The minimum Gasteiger partial charge on any atom is -0.394 e. The number of amides is 2. The molecule has 4 nitrogen and oxygen atoms in total. The number of nitrogens with zero attached hydrogens (tertiary/aromatic N) is 2. The first-order chi connectivity index (χ1) is 5.66. The Morgan fingerprint density at radius 1 is 1.67 bits per heavy atom. The molecule has 1 aliphatic rings. The Labute approximate surface area is 72.8 Å². The van der Waals surface area contributed by atoms with Crippen LogP contribution in [0, 0.1) is 0 Å². The van der Waals surface area contributed by atoms with E-state index in [1.54, 1.807) is 23.9 Å². The average molecular weight is 172 g/mol. The first-order valence-corrected chi connectivity index (χ1v) is 4.25. The summed E-state index contributed by atoms with van der Waals surface area (Å²) in [6.45, 7) is 0.863. The van der Waals surface area contributed by atoms with Gasteiger partial charge in [-0.2, -0.15) is 0 Å². The van der Waals surface area contributed by atoms with Crippen LogP contribution in [-0.4, -0.2) is 54.2 Å². The lowest BCUT2D eigenvalue weighted by molar-refractivity contribution is 0.138. The summed E-state index contributed by atoms with van der Waals surface area (Å²) in [6, 6.07) is 0.0476. The van der Waals surface area contributed by atoms with Crippen molar-refractivity contribution >= 4 is 6.03 Å². The molecule has 2 amide bonds. The average Bonchev–Trinajstić information content (AvgIpc) is 2.49. The first-order valence-electron chi connectivity index (χ1n) is 4.25. The van der Waals surface area contributed by atoms with Crippen LogP contribution in [0.15, 0.2) is 0 Å². The zero-order chi connectivity index (χ0) is 9.14. The van der Waals surface area contributed by atoms with Gasteiger partial charge in [0.1, 0.15) is 0 Å². The van der Waals surface area contributed by atoms with Crippen LogP contribution in [0.5, 0.6) is 0 Å². The highest BCUT2D eigenvalue weighted by Gasteiger charge is 2.28. The molecule has 0 unspecified atom stereocenters. The third kappa shape index (κ3) is 1.69. The largest absolute Gasteiger partial charge is 0.394 e. The zero-order valence-corrected chi connectivity index (χ0v) is 7.66. The third-order valence-electron chi connectivity index (χ3n) is 2.22. The lowest BCUT2D eigenvalue weighted by Crippen LogP contribution is -2.43. The van der Waals surface area contributed by atoms with Gasteiger partial charge >= 0.3 is 6.03 Å². The molecule has 0 saturated carbocycles. The molecule has 1 atom stereocenters. The smallest absolute Gasteiger partial charge is 0.319 e. The van der Waals surface area contributed by atoms with Crippen molar-refractivity contribution in [1.29, 1.82) is 0 Å². The normalized spacial score (nSPS) is 22.9. The van der Waals surface area contributed by atoms with Crippen molar-refractivity contribution in [2.45, 2.75) is 18.9 Å². The van der Waals surface area contributed by atoms with Crippen molar-refractivity contribution in [2.24, 2.45) is 0 Å². The number of likely N-dealkylation sites (tertiary alicyclic amines) is 1. The van der Waals surface area contributed by atoms with Crippen LogP contribution >= 0.6 is 0 Å². The summed E-state index contributed by atoms with van der Waals surface area (Å²) in [5.74, 6) is 0. The number of carbonyl (C=O) groups excluding carboxylic acids is 1. The second-order valence-electron chi connectivity index (χ2n) is 3.35. The second kappa shape index (κ2) is 3.76. The van der Waals surface area contributed by atoms with E-state index in [0.29, 0.717) is 0 Å². The highest BCUT2D eigenvalue weighted by atomic mass is 16.3. The highest BCUT2D eigenvalue weighted by Crippen LogP contribution is 2.17. The number of urea groups is 1. The van der Waals surface area contributed by atoms with Gasteiger partial charge in [0.15, 0.2) is 0 Å². The van der Waals surface area contributed by atoms with Gasteiger partial charge in [-0.05, 0) is 12.8 Å². The van der Waals surface area contributed by atoms with E-state index >= 15 is 0 Å². The van der Waals surface area contributed by atoms with Crippen molar-refractivity contribution in [3.8, 4) is 0 Å². The first kappa shape index (κ1) is 9.32. The number of hydrogen-bond acceptors (Lipinski definition) is 2. The predicted octanol–water partition coefficient (Wildman–Crippen LogP) is 0.125. The monoisotopic (exact) mass is 172 g/mol. The van der Waals surface area contributed by atoms with Gasteiger partial charge in [0.05, 0.1) is 12.6 Å². The topological polar surface area (TPSA) is 43.8 Å². The molecule has 0 aromatic heterocycles. The lowest BCUT2D eigenvalue weighted by atomic mass is 10.2. The molecule has 1 saturated heterocycles. The van der Waals surface area contributed by atoms with E-state index in [4.69, 9.17) is 5.11 Å². The molecule has 12 heavy (non-hydrogen) atoms. The minimum absolute atomic E-state index is 0.00606. The molecule has 1 fully saturated rings. The summed E-state index contributed by atoms with van der Waals surface area (Å²) in [5, 5.41) is 8.95. The molecule has 1 rings (SSSR count). The maximum absolute atomic E-state index is 11.5. The van der Waals surface area contributed by atoms with Crippen molar-refractivity contribution in [2.75, 3.05) is 27.2 Å². The molecule has 1 heterocycles. The molecule has 70 valence electrons. The van der Waals surface area contributed by atoms with E-state index in [2.05, 4.69) is 0 Å². The molecule has 0 aromatic carbocycles. The summed E-state index contributed by atoms with van der Waals surface area (Å²) >= 11 is 0. The number of hydrogen-bond donors (Lipinski definition) is 1. The summed E-state index contributed by atoms with van der Waals surface area (Å²) in [5.41, 5.74) is 0. The van der Waals surface area contributed by atoms with Gasteiger partial charge in [-0.25, -0.2) is 4.79 Å². The molecular formula is C8H16N2O2. The molecule has 4 heteroatoms. The summed E-state index contributed by atoms with van der Waals surface area (Å²) in [7, 11) is 3.46. The summed E-state index contributed by atoms with van der Waals surface area (Å²) in [6.07, 6.45) is 1.93. The molecule has 1 aliphatic heterocycles. The SMILES string of the molecule is CN(C)C(=O)N1CCC[C@H]1CO. The second-order valence-corrected chi connectivity index (χ2v) is 3.35. The van der Waals surface area contributed by atoms with Crippen LogP contribution in [-0.2, 0) is 0 Å². The molecule has 0 aromatic rings. The van der Waals surface area contributed by atoms with Crippen LogP contribution in [0.2, 0.25) is 0 Å². The van der Waals surface area contributed by atoms with Crippen molar-refractivity contribution in [3.05, 3.63) is 0 Å². The summed E-state index contributed by atoms with van der Waals surface area (Å²) < 4.78 is 0. The molecule has 0 bridgehead atoms. The minimum atomic E-state index is 0.00606. The van der Waals surface area contributed by atoms with Gasteiger partial charge in [-0.3, -0.25) is 0 Å². The summed E-state index contributed by atoms with van der Waals surface area (Å²) in [4.78, 5) is 14.7. The van der Waals surface area contributed by atoms with Crippen LogP contribution < -0.4 is 0 Å². The molecule has 0 spiro atoms. The van der Waals surface area contributed by atoms with Crippen molar-refractivity contribution in [1.82, 2.24) is 9.80 Å². The standard InChI is InChI=1S/C8H16N2O2/c1-9(2)8(12)10-5-3-4-7(10)6-11/h7,11H,3-6H2,1-2H3/t7-/m0/s1. The Bertz CT molecular complexity index is 170. The molecule has 1 N–H and O–H groups in total. The Balaban J connectivity index is 2.55.